The summed E-state index contributed by atoms with van der Waals surface area (Å²) in [5.74, 6) is -0.333. The van der Waals surface area contributed by atoms with E-state index in [9.17, 15) is 13.2 Å². The van der Waals surface area contributed by atoms with Crippen molar-refractivity contribution in [3.05, 3.63) is 57.5 Å². The van der Waals surface area contributed by atoms with E-state index in [0.29, 0.717) is 16.3 Å². The first-order chi connectivity index (χ1) is 9.77. The van der Waals surface area contributed by atoms with Crippen LogP contribution in [-0.2, 0) is 9.05 Å². The summed E-state index contributed by atoms with van der Waals surface area (Å²) in [5, 5.41) is 3.18. The lowest BCUT2D eigenvalue weighted by atomic mass is 10.2. The smallest absolute Gasteiger partial charge is 0.262 e. The summed E-state index contributed by atoms with van der Waals surface area (Å²) in [6, 6.07) is 10.6. The van der Waals surface area contributed by atoms with E-state index in [-0.39, 0.29) is 15.3 Å². The van der Waals surface area contributed by atoms with Crippen molar-refractivity contribution in [1.29, 1.82) is 0 Å². The summed E-state index contributed by atoms with van der Waals surface area (Å²) < 4.78 is 22.8. The van der Waals surface area contributed by atoms with E-state index < -0.39 is 9.05 Å². The predicted octanol–water partition coefficient (Wildman–Crippen LogP) is 4.28. The normalized spacial score (nSPS) is 11.2. The van der Waals surface area contributed by atoms with Gasteiger partial charge in [-0.05, 0) is 58.4 Å². The molecule has 1 N–H and O–H groups in total. The van der Waals surface area contributed by atoms with Gasteiger partial charge in [0.05, 0.1) is 4.90 Å². The van der Waals surface area contributed by atoms with Crippen LogP contribution in [0.5, 0.6) is 0 Å². The van der Waals surface area contributed by atoms with Crippen molar-refractivity contribution in [3.63, 3.8) is 0 Å². The van der Waals surface area contributed by atoms with Crippen molar-refractivity contribution >= 4 is 58.9 Å². The molecular formula is C13H8BrCl2NO3S. The number of benzene rings is 2. The van der Waals surface area contributed by atoms with Gasteiger partial charge in [0.1, 0.15) is 0 Å². The second-order valence-corrected chi connectivity index (χ2v) is 7.87. The third-order valence-electron chi connectivity index (χ3n) is 2.56. The topological polar surface area (TPSA) is 63.2 Å². The van der Waals surface area contributed by atoms with E-state index in [4.69, 9.17) is 22.3 Å². The number of rotatable bonds is 3. The molecule has 0 radical (unpaired) electrons. The minimum absolute atomic E-state index is 0.0614. The van der Waals surface area contributed by atoms with Crippen molar-refractivity contribution in [2.24, 2.45) is 0 Å². The quantitative estimate of drug-likeness (QED) is 0.770. The average Bonchev–Trinajstić information content (AvgIpc) is 2.37. The van der Waals surface area contributed by atoms with Gasteiger partial charge in [-0.1, -0.05) is 11.6 Å². The highest BCUT2D eigenvalue weighted by molar-refractivity contribution is 9.10. The Morgan fingerprint density at radius 2 is 1.71 bits per heavy atom. The molecule has 4 nitrogen and oxygen atoms in total. The van der Waals surface area contributed by atoms with Gasteiger partial charge >= 0.3 is 0 Å². The fraction of sp³-hybridized carbons (Fsp3) is 0. The lowest BCUT2D eigenvalue weighted by Crippen LogP contribution is -2.11. The van der Waals surface area contributed by atoms with Gasteiger partial charge in [-0.3, -0.25) is 4.79 Å². The maximum Gasteiger partial charge on any atom is 0.262 e. The molecule has 110 valence electrons. The first-order valence-corrected chi connectivity index (χ1v) is 9.06. The third-order valence-corrected chi connectivity index (χ3v) is 5.11. The van der Waals surface area contributed by atoms with E-state index in [0.717, 1.165) is 0 Å². The largest absolute Gasteiger partial charge is 0.322 e. The van der Waals surface area contributed by atoms with Crippen LogP contribution in [0.1, 0.15) is 10.4 Å². The summed E-state index contributed by atoms with van der Waals surface area (Å²) in [5.41, 5.74) is 0.871. The Morgan fingerprint density at radius 3 is 2.24 bits per heavy atom. The van der Waals surface area contributed by atoms with Crippen LogP contribution in [0.15, 0.2) is 51.8 Å². The summed E-state index contributed by atoms with van der Waals surface area (Å²) in [6.45, 7) is 0. The Morgan fingerprint density at radius 1 is 1.10 bits per heavy atom. The Kier molecular flexibility index (Phi) is 4.93. The Labute approximate surface area is 139 Å². The molecule has 0 bridgehead atoms. The number of hydrogen-bond acceptors (Lipinski definition) is 3. The molecule has 0 aliphatic rings. The van der Waals surface area contributed by atoms with Crippen LogP contribution >= 0.6 is 38.2 Å². The molecule has 0 atom stereocenters. The van der Waals surface area contributed by atoms with E-state index in [1.54, 1.807) is 24.3 Å². The van der Waals surface area contributed by atoms with E-state index in [1.807, 2.05) is 0 Å². The number of carbonyl (C=O) groups excluding carboxylic acids is 1. The molecule has 0 aliphatic carbocycles. The molecule has 0 aliphatic heterocycles. The molecule has 0 aromatic heterocycles. The maximum atomic E-state index is 12.0. The third kappa shape index (κ3) is 4.20. The fourth-order valence-corrected chi connectivity index (χ4v) is 3.93. The predicted molar refractivity (Wildman–Crippen MR) is 86.6 cm³/mol. The molecule has 0 saturated heterocycles. The zero-order valence-corrected chi connectivity index (χ0v) is 14.2. The van der Waals surface area contributed by atoms with E-state index in [1.165, 1.54) is 18.2 Å². The van der Waals surface area contributed by atoms with Crippen LogP contribution in [-0.4, -0.2) is 14.3 Å². The highest BCUT2D eigenvalue weighted by Crippen LogP contribution is 2.28. The average molecular weight is 409 g/mol. The van der Waals surface area contributed by atoms with Crippen molar-refractivity contribution in [3.8, 4) is 0 Å². The number of nitrogens with one attached hydrogen (secondary N) is 1. The van der Waals surface area contributed by atoms with Gasteiger partial charge in [-0.2, -0.15) is 0 Å². The molecule has 0 unspecified atom stereocenters. The number of anilines is 1. The van der Waals surface area contributed by atoms with Crippen LogP contribution in [0.4, 0.5) is 5.69 Å². The Balaban J connectivity index is 2.22. The molecule has 2 rings (SSSR count). The minimum atomic E-state index is -3.84. The standard InChI is InChI=1S/C13H8BrCl2NO3S/c14-11-7-10(5-6-12(11)21(16,19)20)17-13(18)8-1-3-9(15)4-2-8/h1-7H,(H,17,18). The molecule has 2 aromatic carbocycles. The Bertz CT molecular complexity index is 792. The number of amides is 1. The Hall–Kier alpha value is -1.08. The van der Waals surface area contributed by atoms with Crippen LogP contribution in [0, 0.1) is 0 Å². The highest BCUT2D eigenvalue weighted by atomic mass is 79.9. The second kappa shape index (κ2) is 6.36. The van der Waals surface area contributed by atoms with Crippen molar-refractivity contribution in [2.75, 3.05) is 5.32 Å². The molecule has 2 aromatic rings. The van der Waals surface area contributed by atoms with Gasteiger partial charge in [-0.25, -0.2) is 8.42 Å². The number of hydrogen-bond donors (Lipinski definition) is 1. The molecular weight excluding hydrogens is 401 g/mol. The van der Waals surface area contributed by atoms with Crippen LogP contribution in [0.3, 0.4) is 0 Å². The molecule has 8 heteroatoms. The summed E-state index contributed by atoms with van der Waals surface area (Å²) in [4.78, 5) is 11.9. The van der Waals surface area contributed by atoms with E-state index in [2.05, 4.69) is 21.2 Å². The maximum absolute atomic E-state index is 12.0. The zero-order valence-electron chi connectivity index (χ0n) is 10.3. The molecule has 21 heavy (non-hydrogen) atoms. The summed E-state index contributed by atoms with van der Waals surface area (Å²) in [6.07, 6.45) is 0. The number of halogens is 3. The zero-order chi connectivity index (χ0) is 15.6. The van der Waals surface area contributed by atoms with Crippen molar-refractivity contribution in [2.45, 2.75) is 4.90 Å². The SMILES string of the molecule is O=C(Nc1ccc(S(=O)(=O)Cl)c(Br)c1)c1ccc(Cl)cc1. The van der Waals surface area contributed by atoms with Gasteiger partial charge in [0.2, 0.25) is 0 Å². The van der Waals surface area contributed by atoms with Crippen LogP contribution in [0.2, 0.25) is 5.02 Å². The van der Waals surface area contributed by atoms with Gasteiger partial charge in [-0.15, -0.1) is 0 Å². The molecule has 1 amide bonds. The lowest BCUT2D eigenvalue weighted by molar-refractivity contribution is 0.102. The van der Waals surface area contributed by atoms with Crippen LogP contribution < -0.4 is 5.32 Å². The lowest BCUT2D eigenvalue weighted by Gasteiger charge is -2.07. The molecule has 0 saturated carbocycles. The molecule has 0 fully saturated rings. The van der Waals surface area contributed by atoms with Crippen LogP contribution in [0.25, 0.3) is 0 Å². The fourth-order valence-electron chi connectivity index (χ4n) is 1.58. The first-order valence-electron chi connectivity index (χ1n) is 5.58. The van der Waals surface area contributed by atoms with Gasteiger partial charge in [0.25, 0.3) is 15.0 Å². The monoisotopic (exact) mass is 407 g/mol. The molecule has 0 spiro atoms. The minimum Gasteiger partial charge on any atom is -0.322 e. The number of carbonyl (C=O) groups is 1. The highest BCUT2D eigenvalue weighted by Gasteiger charge is 2.15. The van der Waals surface area contributed by atoms with Gasteiger partial charge < -0.3 is 5.32 Å². The van der Waals surface area contributed by atoms with Gasteiger partial charge in [0.15, 0.2) is 0 Å². The van der Waals surface area contributed by atoms with Crippen molar-refractivity contribution in [1.82, 2.24) is 0 Å². The second-order valence-electron chi connectivity index (χ2n) is 4.04. The summed E-state index contributed by atoms with van der Waals surface area (Å²) in [7, 11) is 1.44. The summed E-state index contributed by atoms with van der Waals surface area (Å²) >= 11 is 8.86. The molecule has 0 heterocycles. The first kappa shape index (κ1) is 16.3. The van der Waals surface area contributed by atoms with Gasteiger partial charge in [0, 0.05) is 31.4 Å². The van der Waals surface area contributed by atoms with Crippen molar-refractivity contribution < 1.29 is 13.2 Å². The van der Waals surface area contributed by atoms with E-state index >= 15 is 0 Å².